The average Bonchev–Trinajstić information content (AvgIpc) is 2.92. The molecule has 2 N–H and O–H groups in total. The SMILES string of the molecule is COC(=O)N(C)c1ccc(NC(=O)c2ccc(C(=O)Nc3ccc(N(C)C(=O)OC)cc3)cc2)cc1. The highest BCUT2D eigenvalue weighted by Crippen LogP contribution is 2.20. The van der Waals surface area contributed by atoms with E-state index in [-0.39, 0.29) is 11.8 Å². The van der Waals surface area contributed by atoms with Crippen molar-refractivity contribution in [3.63, 3.8) is 0 Å². The first kappa shape index (κ1) is 25.8. The number of methoxy groups -OCH3 is 2. The molecule has 0 spiro atoms. The molecule has 186 valence electrons. The molecule has 0 unspecified atom stereocenters. The molecule has 0 saturated heterocycles. The monoisotopic (exact) mass is 490 g/mol. The van der Waals surface area contributed by atoms with Crippen molar-refractivity contribution in [3.8, 4) is 0 Å². The number of nitrogens with zero attached hydrogens (tertiary/aromatic N) is 2. The van der Waals surface area contributed by atoms with E-state index in [2.05, 4.69) is 20.1 Å². The van der Waals surface area contributed by atoms with Gasteiger partial charge in [0.1, 0.15) is 0 Å². The van der Waals surface area contributed by atoms with Gasteiger partial charge in [0.25, 0.3) is 11.8 Å². The van der Waals surface area contributed by atoms with E-state index in [1.165, 1.54) is 24.0 Å². The van der Waals surface area contributed by atoms with Gasteiger partial charge in [-0.05, 0) is 72.8 Å². The molecule has 0 aliphatic rings. The molecule has 36 heavy (non-hydrogen) atoms. The zero-order valence-corrected chi connectivity index (χ0v) is 20.3. The minimum absolute atomic E-state index is 0.346. The van der Waals surface area contributed by atoms with Crippen LogP contribution in [0.25, 0.3) is 0 Å². The summed E-state index contributed by atoms with van der Waals surface area (Å²) >= 11 is 0. The molecule has 0 heterocycles. The van der Waals surface area contributed by atoms with Crippen molar-refractivity contribution in [2.75, 3.05) is 48.7 Å². The predicted octanol–water partition coefficient (Wildman–Crippen LogP) is 4.60. The second-order valence-electron chi connectivity index (χ2n) is 7.64. The lowest BCUT2D eigenvalue weighted by Crippen LogP contribution is -2.25. The van der Waals surface area contributed by atoms with Gasteiger partial charge in [-0.25, -0.2) is 9.59 Å². The van der Waals surface area contributed by atoms with Gasteiger partial charge in [0.05, 0.1) is 14.2 Å². The standard InChI is InChI=1S/C26H26N4O6/c1-29(25(33)35-3)21-13-9-19(10-14-21)27-23(31)17-5-7-18(8-6-17)24(32)28-20-11-15-22(16-12-20)30(2)26(34)36-4/h5-16H,1-4H3,(H,27,31)(H,28,32). The fraction of sp³-hybridized carbons (Fsp3) is 0.154. The zero-order chi connectivity index (χ0) is 26.2. The Morgan fingerprint density at radius 2 is 0.861 bits per heavy atom. The smallest absolute Gasteiger partial charge is 0.413 e. The van der Waals surface area contributed by atoms with Gasteiger partial charge >= 0.3 is 12.2 Å². The number of carbonyl (C=O) groups excluding carboxylic acids is 4. The molecular weight excluding hydrogens is 464 g/mol. The lowest BCUT2D eigenvalue weighted by Gasteiger charge is -2.16. The summed E-state index contributed by atoms with van der Waals surface area (Å²) in [6, 6.07) is 19.6. The van der Waals surface area contributed by atoms with Gasteiger partial charge in [0.15, 0.2) is 0 Å². The van der Waals surface area contributed by atoms with Gasteiger partial charge < -0.3 is 20.1 Å². The molecule has 4 amide bonds. The molecule has 3 rings (SSSR count). The Labute approximate surface area is 208 Å². The number of hydrogen-bond donors (Lipinski definition) is 2. The molecule has 0 saturated carbocycles. The third kappa shape index (κ3) is 6.17. The van der Waals surface area contributed by atoms with E-state index in [1.54, 1.807) is 86.9 Å². The summed E-state index contributed by atoms with van der Waals surface area (Å²) in [7, 11) is 5.76. The molecule has 10 heteroatoms. The molecule has 0 aliphatic heterocycles. The fourth-order valence-electron chi connectivity index (χ4n) is 3.20. The maximum absolute atomic E-state index is 12.6. The lowest BCUT2D eigenvalue weighted by molar-refractivity contribution is 0.101. The minimum Gasteiger partial charge on any atom is -0.452 e. The van der Waals surface area contributed by atoms with Crippen LogP contribution in [0.4, 0.5) is 32.3 Å². The Bertz CT molecular complexity index is 1140. The van der Waals surface area contributed by atoms with E-state index in [1.807, 2.05) is 0 Å². The van der Waals surface area contributed by atoms with Crippen LogP contribution in [-0.4, -0.2) is 52.3 Å². The van der Waals surface area contributed by atoms with Crippen molar-refractivity contribution < 1.29 is 28.7 Å². The van der Waals surface area contributed by atoms with Gasteiger partial charge in [-0.15, -0.1) is 0 Å². The molecular formula is C26H26N4O6. The molecule has 0 aliphatic carbocycles. The number of rotatable bonds is 6. The Kier molecular flexibility index (Phi) is 8.24. The van der Waals surface area contributed by atoms with E-state index in [9.17, 15) is 19.2 Å². The third-order valence-corrected chi connectivity index (χ3v) is 5.33. The van der Waals surface area contributed by atoms with Crippen LogP contribution < -0.4 is 20.4 Å². The second-order valence-corrected chi connectivity index (χ2v) is 7.64. The number of benzene rings is 3. The molecule has 0 bridgehead atoms. The van der Waals surface area contributed by atoms with Crippen molar-refractivity contribution in [1.29, 1.82) is 0 Å². The van der Waals surface area contributed by atoms with Crippen molar-refractivity contribution in [2.45, 2.75) is 0 Å². The van der Waals surface area contributed by atoms with Crippen molar-refractivity contribution in [1.82, 2.24) is 0 Å². The Balaban J connectivity index is 1.59. The van der Waals surface area contributed by atoms with E-state index in [0.717, 1.165) is 0 Å². The van der Waals surface area contributed by atoms with Crippen LogP contribution in [0.2, 0.25) is 0 Å². The molecule has 0 radical (unpaired) electrons. The summed E-state index contributed by atoms with van der Waals surface area (Å²) in [5.41, 5.74) is 3.06. The third-order valence-electron chi connectivity index (χ3n) is 5.33. The van der Waals surface area contributed by atoms with E-state index < -0.39 is 12.2 Å². The van der Waals surface area contributed by atoms with Crippen LogP contribution in [0.1, 0.15) is 20.7 Å². The van der Waals surface area contributed by atoms with Crippen LogP contribution in [0, 0.1) is 0 Å². The quantitative estimate of drug-likeness (QED) is 0.522. The number of carbonyl (C=O) groups is 4. The van der Waals surface area contributed by atoms with Crippen LogP contribution in [-0.2, 0) is 9.47 Å². The van der Waals surface area contributed by atoms with E-state index in [0.29, 0.717) is 33.9 Å². The number of ether oxygens (including phenoxy) is 2. The van der Waals surface area contributed by atoms with Gasteiger partial charge in [-0.1, -0.05) is 0 Å². The first-order chi connectivity index (χ1) is 17.2. The first-order valence-electron chi connectivity index (χ1n) is 10.8. The summed E-state index contributed by atoms with van der Waals surface area (Å²) in [5, 5.41) is 5.54. The van der Waals surface area contributed by atoms with Crippen LogP contribution in [0.3, 0.4) is 0 Å². The molecule has 0 fully saturated rings. The van der Waals surface area contributed by atoms with E-state index in [4.69, 9.17) is 0 Å². The van der Waals surface area contributed by atoms with Crippen LogP contribution in [0.5, 0.6) is 0 Å². The highest BCUT2D eigenvalue weighted by molar-refractivity contribution is 6.07. The molecule has 0 aromatic heterocycles. The van der Waals surface area contributed by atoms with Crippen LogP contribution in [0.15, 0.2) is 72.8 Å². The van der Waals surface area contributed by atoms with Crippen molar-refractivity contribution >= 4 is 46.8 Å². The number of hydrogen-bond acceptors (Lipinski definition) is 6. The largest absolute Gasteiger partial charge is 0.452 e. The maximum Gasteiger partial charge on any atom is 0.413 e. The number of amides is 4. The summed E-state index contributed by atoms with van der Waals surface area (Å²) in [6.45, 7) is 0. The fourth-order valence-corrected chi connectivity index (χ4v) is 3.20. The Hall–Kier alpha value is -4.86. The summed E-state index contributed by atoms with van der Waals surface area (Å²) < 4.78 is 9.35. The first-order valence-corrected chi connectivity index (χ1v) is 10.8. The maximum atomic E-state index is 12.6. The number of anilines is 4. The van der Waals surface area contributed by atoms with Gasteiger partial charge in [0.2, 0.25) is 0 Å². The molecule has 3 aromatic carbocycles. The van der Waals surface area contributed by atoms with E-state index >= 15 is 0 Å². The molecule has 3 aromatic rings. The molecule has 10 nitrogen and oxygen atoms in total. The predicted molar refractivity (Wildman–Crippen MR) is 137 cm³/mol. The Morgan fingerprint density at radius 1 is 0.556 bits per heavy atom. The molecule has 0 atom stereocenters. The van der Waals surface area contributed by atoms with Gasteiger partial charge in [0, 0.05) is 48.0 Å². The normalized spacial score (nSPS) is 10.1. The highest BCUT2D eigenvalue weighted by Gasteiger charge is 2.13. The summed E-state index contributed by atoms with van der Waals surface area (Å²) in [4.78, 5) is 51.0. The van der Waals surface area contributed by atoms with Crippen molar-refractivity contribution in [3.05, 3.63) is 83.9 Å². The van der Waals surface area contributed by atoms with Crippen molar-refractivity contribution in [2.24, 2.45) is 0 Å². The van der Waals surface area contributed by atoms with Gasteiger partial charge in [-0.3, -0.25) is 19.4 Å². The summed E-state index contributed by atoms with van der Waals surface area (Å²) in [6.07, 6.45) is -1.00. The minimum atomic E-state index is -0.501. The van der Waals surface area contributed by atoms with Crippen LogP contribution >= 0.6 is 0 Å². The average molecular weight is 491 g/mol. The second kappa shape index (κ2) is 11.5. The summed E-state index contributed by atoms with van der Waals surface area (Å²) in [5.74, 6) is -0.692. The zero-order valence-electron chi connectivity index (χ0n) is 20.3. The number of nitrogens with one attached hydrogen (secondary N) is 2. The lowest BCUT2D eigenvalue weighted by atomic mass is 10.1. The highest BCUT2D eigenvalue weighted by atomic mass is 16.5. The Morgan fingerprint density at radius 3 is 1.14 bits per heavy atom. The van der Waals surface area contributed by atoms with Gasteiger partial charge in [-0.2, -0.15) is 0 Å². The topological polar surface area (TPSA) is 117 Å².